The summed E-state index contributed by atoms with van der Waals surface area (Å²) < 4.78 is 71.5. The first-order chi connectivity index (χ1) is 12.6. The Labute approximate surface area is 153 Å². The van der Waals surface area contributed by atoms with Crippen molar-refractivity contribution in [2.45, 2.75) is 18.0 Å². The largest absolute Gasteiger partial charge is 0.497 e. The second kappa shape index (κ2) is 6.73. The van der Waals surface area contributed by atoms with Crippen LogP contribution in [-0.2, 0) is 16.2 Å². The van der Waals surface area contributed by atoms with Gasteiger partial charge in [-0.3, -0.25) is 9.71 Å². The summed E-state index contributed by atoms with van der Waals surface area (Å²) in [4.78, 5) is 3.82. The molecule has 0 radical (unpaired) electrons. The Morgan fingerprint density at radius 3 is 2.48 bits per heavy atom. The molecular formula is C18H15F3N2O3S. The summed E-state index contributed by atoms with van der Waals surface area (Å²) >= 11 is 0. The van der Waals surface area contributed by atoms with Crippen LogP contribution in [0, 0.1) is 6.92 Å². The number of halogens is 3. The van der Waals surface area contributed by atoms with Gasteiger partial charge in [0.25, 0.3) is 10.0 Å². The molecule has 0 bridgehead atoms. The number of nitrogens with zero attached hydrogens (tertiary/aromatic N) is 1. The number of pyridine rings is 1. The number of fused-ring (bicyclic) bond motifs is 1. The maximum Gasteiger partial charge on any atom is 0.416 e. The molecule has 1 heterocycles. The molecule has 2 aromatic carbocycles. The Hall–Kier alpha value is -2.81. The standard InChI is InChI=1S/C18H15F3N2O3S/c1-11-6-7-12-8-14(26-2)10-16(17(12)22-11)23-27(24,25)15-5-3-4-13(9-15)18(19,20)21/h3-10,23H,1-2H3. The van der Waals surface area contributed by atoms with Crippen molar-refractivity contribution >= 4 is 26.6 Å². The summed E-state index contributed by atoms with van der Waals surface area (Å²) in [5.41, 5.74) is 0.0961. The average Bonchev–Trinajstić information content (AvgIpc) is 2.61. The van der Waals surface area contributed by atoms with Gasteiger partial charge in [-0.05, 0) is 37.3 Å². The molecule has 0 aliphatic rings. The summed E-state index contributed by atoms with van der Waals surface area (Å²) in [6, 6.07) is 10.2. The van der Waals surface area contributed by atoms with Crippen LogP contribution in [0.4, 0.5) is 18.9 Å². The number of nitrogens with one attached hydrogen (secondary N) is 1. The lowest BCUT2D eigenvalue weighted by atomic mass is 10.1. The highest BCUT2D eigenvalue weighted by Crippen LogP contribution is 2.33. The predicted molar refractivity (Wildman–Crippen MR) is 95.3 cm³/mol. The SMILES string of the molecule is COc1cc(NS(=O)(=O)c2cccc(C(F)(F)F)c2)c2nc(C)ccc2c1. The van der Waals surface area contributed by atoms with Gasteiger partial charge in [0.15, 0.2) is 0 Å². The topological polar surface area (TPSA) is 68.3 Å². The third-order valence-electron chi connectivity index (χ3n) is 3.86. The minimum Gasteiger partial charge on any atom is -0.497 e. The van der Waals surface area contributed by atoms with E-state index in [0.717, 1.165) is 18.2 Å². The van der Waals surface area contributed by atoms with E-state index in [1.165, 1.54) is 13.2 Å². The summed E-state index contributed by atoms with van der Waals surface area (Å²) in [6.45, 7) is 1.74. The van der Waals surface area contributed by atoms with Gasteiger partial charge in [0.2, 0.25) is 0 Å². The zero-order valence-corrected chi connectivity index (χ0v) is 15.1. The number of hydrogen-bond donors (Lipinski definition) is 1. The summed E-state index contributed by atoms with van der Waals surface area (Å²) in [6.07, 6.45) is -4.65. The van der Waals surface area contributed by atoms with E-state index in [9.17, 15) is 21.6 Å². The molecule has 1 aromatic heterocycles. The molecule has 9 heteroatoms. The van der Waals surface area contributed by atoms with Gasteiger partial charge in [-0.15, -0.1) is 0 Å². The van der Waals surface area contributed by atoms with Gasteiger partial charge in [-0.2, -0.15) is 13.2 Å². The lowest BCUT2D eigenvalue weighted by molar-refractivity contribution is -0.137. The van der Waals surface area contributed by atoms with Crippen molar-refractivity contribution in [2.75, 3.05) is 11.8 Å². The van der Waals surface area contributed by atoms with Crippen molar-refractivity contribution in [3.8, 4) is 5.75 Å². The number of aromatic nitrogens is 1. The number of sulfonamides is 1. The van der Waals surface area contributed by atoms with Crippen LogP contribution in [0.3, 0.4) is 0 Å². The Morgan fingerprint density at radius 1 is 1.07 bits per heavy atom. The van der Waals surface area contributed by atoms with Crippen LogP contribution in [0.15, 0.2) is 53.4 Å². The molecule has 3 rings (SSSR count). The zero-order chi connectivity index (χ0) is 19.8. The summed E-state index contributed by atoms with van der Waals surface area (Å²) in [5, 5.41) is 0.627. The van der Waals surface area contributed by atoms with Crippen LogP contribution in [0.25, 0.3) is 10.9 Å². The zero-order valence-electron chi connectivity index (χ0n) is 14.3. The second-order valence-electron chi connectivity index (χ2n) is 5.83. The van der Waals surface area contributed by atoms with Crippen LogP contribution < -0.4 is 9.46 Å². The Bertz CT molecular complexity index is 1110. The third kappa shape index (κ3) is 3.97. The van der Waals surface area contributed by atoms with Gasteiger partial charge in [0.05, 0.1) is 28.8 Å². The first-order valence-electron chi connectivity index (χ1n) is 7.75. The smallest absolute Gasteiger partial charge is 0.416 e. The number of benzene rings is 2. The van der Waals surface area contributed by atoms with Gasteiger partial charge >= 0.3 is 6.18 Å². The first-order valence-corrected chi connectivity index (χ1v) is 9.24. The minimum absolute atomic E-state index is 0.116. The van der Waals surface area contributed by atoms with Crippen molar-refractivity contribution in [1.82, 2.24) is 4.98 Å². The Kier molecular flexibility index (Phi) is 4.73. The number of aryl methyl sites for hydroxylation is 1. The molecule has 0 fully saturated rings. The molecule has 3 aromatic rings. The summed E-state index contributed by atoms with van der Waals surface area (Å²) in [7, 11) is -2.85. The fourth-order valence-corrected chi connectivity index (χ4v) is 3.65. The molecule has 5 nitrogen and oxygen atoms in total. The number of alkyl halides is 3. The molecule has 1 N–H and O–H groups in total. The molecule has 142 valence electrons. The highest BCUT2D eigenvalue weighted by atomic mass is 32.2. The average molecular weight is 396 g/mol. The molecule has 0 aliphatic carbocycles. The number of ether oxygens (including phenoxy) is 1. The molecule has 0 spiro atoms. The second-order valence-corrected chi connectivity index (χ2v) is 7.51. The maximum absolute atomic E-state index is 12.9. The molecule has 0 saturated carbocycles. The molecule has 0 aliphatic heterocycles. The van der Waals surface area contributed by atoms with E-state index in [1.807, 2.05) is 0 Å². The van der Waals surface area contributed by atoms with E-state index in [2.05, 4.69) is 9.71 Å². The third-order valence-corrected chi connectivity index (χ3v) is 5.22. The van der Waals surface area contributed by atoms with Crippen molar-refractivity contribution in [2.24, 2.45) is 0 Å². The normalized spacial score (nSPS) is 12.2. The fraction of sp³-hybridized carbons (Fsp3) is 0.167. The van der Waals surface area contributed by atoms with Crippen LogP contribution >= 0.6 is 0 Å². The number of rotatable bonds is 4. The highest BCUT2D eigenvalue weighted by molar-refractivity contribution is 7.92. The van der Waals surface area contributed by atoms with Gasteiger partial charge in [-0.25, -0.2) is 8.42 Å². The molecule has 0 amide bonds. The Balaban J connectivity index is 2.10. The van der Waals surface area contributed by atoms with E-state index in [1.54, 1.807) is 25.1 Å². The van der Waals surface area contributed by atoms with E-state index in [-0.39, 0.29) is 5.69 Å². The first kappa shape index (κ1) is 19.0. The van der Waals surface area contributed by atoms with E-state index < -0.39 is 26.7 Å². The predicted octanol–water partition coefficient (Wildman–Crippen LogP) is 4.37. The van der Waals surface area contributed by atoms with Gasteiger partial charge in [0, 0.05) is 17.1 Å². The quantitative estimate of drug-likeness (QED) is 0.711. The molecular weight excluding hydrogens is 381 g/mol. The monoisotopic (exact) mass is 396 g/mol. The van der Waals surface area contributed by atoms with Crippen molar-refractivity contribution in [3.63, 3.8) is 0 Å². The molecule has 0 atom stereocenters. The van der Waals surface area contributed by atoms with E-state index >= 15 is 0 Å². The van der Waals surface area contributed by atoms with Crippen LogP contribution in [0.2, 0.25) is 0 Å². The van der Waals surface area contributed by atoms with Crippen molar-refractivity contribution in [1.29, 1.82) is 0 Å². The molecule has 0 saturated heterocycles. The Morgan fingerprint density at radius 2 is 1.81 bits per heavy atom. The van der Waals surface area contributed by atoms with Gasteiger partial charge in [-0.1, -0.05) is 12.1 Å². The maximum atomic E-state index is 12.9. The van der Waals surface area contributed by atoms with E-state index in [4.69, 9.17) is 4.74 Å². The van der Waals surface area contributed by atoms with Gasteiger partial charge < -0.3 is 4.74 Å². The van der Waals surface area contributed by atoms with Crippen LogP contribution in [0.5, 0.6) is 5.75 Å². The minimum atomic E-state index is -4.65. The van der Waals surface area contributed by atoms with E-state index in [0.29, 0.717) is 28.4 Å². The lowest BCUT2D eigenvalue weighted by Crippen LogP contribution is -2.15. The van der Waals surface area contributed by atoms with Crippen LogP contribution in [0.1, 0.15) is 11.3 Å². The number of methoxy groups -OCH3 is 1. The van der Waals surface area contributed by atoms with Crippen molar-refractivity contribution < 1.29 is 26.3 Å². The number of anilines is 1. The highest BCUT2D eigenvalue weighted by Gasteiger charge is 2.31. The van der Waals surface area contributed by atoms with Crippen molar-refractivity contribution in [3.05, 3.63) is 59.8 Å². The molecule has 0 unspecified atom stereocenters. The summed E-state index contributed by atoms with van der Waals surface area (Å²) in [5.74, 6) is 0.384. The van der Waals surface area contributed by atoms with Crippen LogP contribution in [-0.4, -0.2) is 20.5 Å². The number of hydrogen-bond acceptors (Lipinski definition) is 4. The van der Waals surface area contributed by atoms with Gasteiger partial charge in [0.1, 0.15) is 5.75 Å². The molecule has 27 heavy (non-hydrogen) atoms. The lowest BCUT2D eigenvalue weighted by Gasteiger charge is -2.14. The fourth-order valence-electron chi connectivity index (χ4n) is 2.54.